The normalized spacial score (nSPS) is 12.8. The highest BCUT2D eigenvalue weighted by molar-refractivity contribution is 6.82. The second kappa shape index (κ2) is 6.52. The molecule has 6 heteroatoms. The van der Waals surface area contributed by atoms with Crippen molar-refractivity contribution in [2.24, 2.45) is 0 Å². The molecule has 3 nitrogen and oxygen atoms in total. The number of fused-ring (bicyclic) bond motifs is 1. The molecule has 0 aliphatic carbocycles. The zero-order chi connectivity index (χ0) is 18.4. The minimum absolute atomic E-state index is 0.109. The van der Waals surface area contributed by atoms with E-state index in [4.69, 9.17) is 11.6 Å². The topological polar surface area (TPSA) is 42.2 Å². The van der Waals surface area contributed by atoms with Gasteiger partial charge in [0, 0.05) is 10.9 Å². The molecule has 24 heavy (non-hydrogen) atoms. The standard InChI is InChI=1S/C18H25ClFNO2Si/c1-10(2)24(11(3)4,12(5)6)21-8-7-13-15(21)9-14(18(22)23)17(20)16(13)19/h7-12H,1-6H3,(H,22,23). The predicted octanol–water partition coefficient (Wildman–Crippen LogP) is 6.16. The highest BCUT2D eigenvalue weighted by Gasteiger charge is 2.45. The summed E-state index contributed by atoms with van der Waals surface area (Å²) < 4.78 is 16.5. The zero-order valence-electron chi connectivity index (χ0n) is 15.0. The van der Waals surface area contributed by atoms with E-state index in [1.54, 1.807) is 6.07 Å². The first-order chi connectivity index (χ1) is 11.1. The van der Waals surface area contributed by atoms with Crippen molar-refractivity contribution in [1.29, 1.82) is 0 Å². The van der Waals surface area contributed by atoms with Gasteiger partial charge in [0.25, 0.3) is 0 Å². The lowest BCUT2D eigenvalue weighted by atomic mass is 10.1. The molecule has 0 aliphatic heterocycles. The highest BCUT2D eigenvalue weighted by atomic mass is 35.5. The second-order valence-electron chi connectivity index (χ2n) is 7.33. The average molecular weight is 370 g/mol. The molecule has 0 saturated carbocycles. The molecule has 1 N–H and O–H groups in total. The summed E-state index contributed by atoms with van der Waals surface area (Å²) in [5.41, 5.74) is 1.66. The number of rotatable bonds is 5. The van der Waals surface area contributed by atoms with Crippen molar-refractivity contribution in [3.63, 3.8) is 0 Å². The molecule has 2 aromatic rings. The number of nitrogens with zero attached hydrogens (tertiary/aromatic N) is 1. The van der Waals surface area contributed by atoms with E-state index in [-0.39, 0.29) is 10.6 Å². The summed E-state index contributed by atoms with van der Waals surface area (Å²) in [7, 11) is -2.07. The van der Waals surface area contributed by atoms with Gasteiger partial charge < -0.3 is 9.34 Å². The number of halogens is 2. The Balaban J connectivity index is 2.93. The number of hydrogen-bond acceptors (Lipinski definition) is 1. The molecule has 132 valence electrons. The van der Waals surface area contributed by atoms with Gasteiger partial charge in [0.05, 0.1) is 10.6 Å². The van der Waals surface area contributed by atoms with Crippen LogP contribution < -0.4 is 0 Å². The average Bonchev–Trinajstić information content (AvgIpc) is 2.86. The molecule has 1 aromatic heterocycles. The van der Waals surface area contributed by atoms with E-state index < -0.39 is 20.0 Å². The quantitative estimate of drug-likeness (QED) is 0.641. The fourth-order valence-corrected chi connectivity index (χ4v) is 11.4. The predicted molar refractivity (Wildman–Crippen MR) is 100 cm³/mol. The fraction of sp³-hybridized carbons (Fsp3) is 0.500. The molecule has 0 aliphatic rings. The van der Waals surface area contributed by atoms with Gasteiger partial charge in [0.2, 0.25) is 0 Å². The SMILES string of the molecule is CC(C)[Si](C(C)C)(C(C)C)n1ccc2c(Cl)c(F)c(C(=O)O)cc21. The van der Waals surface area contributed by atoms with Gasteiger partial charge in [-0.15, -0.1) is 0 Å². The molecular formula is C18H25ClFNO2Si. The van der Waals surface area contributed by atoms with Gasteiger partial charge in [-0.3, -0.25) is 0 Å². The van der Waals surface area contributed by atoms with Crippen LogP contribution in [0, 0.1) is 5.82 Å². The first kappa shape index (κ1) is 19.0. The van der Waals surface area contributed by atoms with E-state index in [9.17, 15) is 14.3 Å². The smallest absolute Gasteiger partial charge is 0.338 e. The van der Waals surface area contributed by atoms with Gasteiger partial charge in [-0.05, 0) is 35.0 Å². The Morgan fingerprint density at radius 2 is 1.67 bits per heavy atom. The number of aromatic nitrogens is 1. The maximum atomic E-state index is 14.3. The van der Waals surface area contributed by atoms with Crippen LogP contribution in [-0.2, 0) is 0 Å². The lowest BCUT2D eigenvalue weighted by Crippen LogP contribution is -2.51. The van der Waals surface area contributed by atoms with Crippen LogP contribution in [0.1, 0.15) is 51.9 Å². The minimum Gasteiger partial charge on any atom is -0.478 e. The summed E-state index contributed by atoms with van der Waals surface area (Å²) in [6.45, 7) is 13.3. The van der Waals surface area contributed by atoms with Crippen LogP contribution in [-0.4, -0.2) is 23.5 Å². The van der Waals surface area contributed by atoms with Crippen molar-refractivity contribution in [2.45, 2.75) is 58.2 Å². The van der Waals surface area contributed by atoms with Crippen LogP contribution in [0.25, 0.3) is 10.9 Å². The Morgan fingerprint density at radius 3 is 2.08 bits per heavy atom. The number of carboxylic acids is 1. The molecule has 0 bridgehead atoms. The van der Waals surface area contributed by atoms with Crippen LogP contribution in [0.3, 0.4) is 0 Å². The maximum Gasteiger partial charge on any atom is 0.338 e. The van der Waals surface area contributed by atoms with Gasteiger partial charge in [0.1, 0.15) is 0 Å². The molecule has 0 spiro atoms. The third kappa shape index (κ3) is 2.58. The number of benzene rings is 1. The summed E-state index contributed by atoms with van der Waals surface area (Å²) in [6, 6.07) is 3.25. The Labute approximate surface area is 148 Å². The van der Waals surface area contributed by atoms with Crippen LogP contribution in [0.15, 0.2) is 18.3 Å². The lowest BCUT2D eigenvalue weighted by molar-refractivity contribution is 0.0692. The van der Waals surface area contributed by atoms with Crippen molar-refractivity contribution >= 4 is 36.7 Å². The largest absolute Gasteiger partial charge is 0.478 e. The Bertz CT molecular complexity index is 761. The first-order valence-electron chi connectivity index (χ1n) is 8.29. The third-order valence-corrected chi connectivity index (χ3v) is 12.4. The minimum atomic E-state index is -2.07. The Kier molecular flexibility index (Phi) is 5.16. The van der Waals surface area contributed by atoms with Gasteiger partial charge in [0.15, 0.2) is 14.1 Å². The monoisotopic (exact) mass is 369 g/mol. The molecule has 1 heterocycles. The molecule has 0 atom stereocenters. The van der Waals surface area contributed by atoms with E-state index >= 15 is 0 Å². The summed E-state index contributed by atoms with van der Waals surface area (Å²) in [5.74, 6) is -2.16. The lowest BCUT2D eigenvalue weighted by Gasteiger charge is -2.44. The maximum absolute atomic E-state index is 14.3. The van der Waals surface area contributed by atoms with Crippen molar-refractivity contribution in [2.75, 3.05) is 0 Å². The highest BCUT2D eigenvalue weighted by Crippen LogP contribution is 2.45. The van der Waals surface area contributed by atoms with Crippen molar-refractivity contribution < 1.29 is 14.3 Å². The zero-order valence-corrected chi connectivity index (χ0v) is 16.8. The van der Waals surface area contributed by atoms with Crippen LogP contribution in [0.5, 0.6) is 0 Å². The summed E-state index contributed by atoms with van der Waals surface area (Å²) in [5, 5.41) is 9.78. The molecule has 0 amide bonds. The van der Waals surface area contributed by atoms with Crippen molar-refractivity contribution in [3.8, 4) is 0 Å². The number of aromatic carboxylic acids is 1. The Hall–Kier alpha value is -1.33. The molecule has 1 aromatic carbocycles. The Morgan fingerprint density at radius 1 is 1.17 bits per heavy atom. The van der Waals surface area contributed by atoms with Gasteiger partial charge in [-0.25, -0.2) is 9.18 Å². The van der Waals surface area contributed by atoms with E-state index in [1.165, 1.54) is 6.07 Å². The van der Waals surface area contributed by atoms with Gasteiger partial charge in [-0.2, -0.15) is 0 Å². The molecule has 2 rings (SSSR count). The van der Waals surface area contributed by atoms with Crippen molar-refractivity contribution in [3.05, 3.63) is 34.7 Å². The number of carbonyl (C=O) groups is 1. The molecule has 0 radical (unpaired) electrons. The van der Waals surface area contributed by atoms with Crippen LogP contribution in [0.2, 0.25) is 21.6 Å². The molecule has 0 saturated heterocycles. The second-order valence-corrected chi connectivity index (χ2v) is 13.4. The van der Waals surface area contributed by atoms with E-state index in [0.29, 0.717) is 22.0 Å². The molecule has 0 fully saturated rings. The van der Waals surface area contributed by atoms with E-state index in [2.05, 4.69) is 45.8 Å². The van der Waals surface area contributed by atoms with Crippen molar-refractivity contribution in [1.82, 2.24) is 4.23 Å². The van der Waals surface area contributed by atoms with Crippen LogP contribution >= 0.6 is 11.6 Å². The van der Waals surface area contributed by atoms with Gasteiger partial charge in [-0.1, -0.05) is 53.1 Å². The molecular weight excluding hydrogens is 345 g/mol. The first-order valence-corrected chi connectivity index (χ1v) is 10.8. The van der Waals surface area contributed by atoms with E-state index in [0.717, 1.165) is 5.52 Å². The summed E-state index contributed by atoms with van der Waals surface area (Å²) in [6.07, 6.45) is 1.97. The summed E-state index contributed by atoms with van der Waals surface area (Å²) >= 11 is 6.14. The summed E-state index contributed by atoms with van der Waals surface area (Å²) in [4.78, 5) is 11.4. The van der Waals surface area contributed by atoms with Gasteiger partial charge >= 0.3 is 5.97 Å². The third-order valence-electron chi connectivity index (χ3n) is 5.29. The van der Waals surface area contributed by atoms with E-state index in [1.807, 2.05) is 6.20 Å². The number of hydrogen-bond donors (Lipinski definition) is 1. The number of carboxylic acid groups (broad SMARTS) is 1. The fourth-order valence-electron chi connectivity index (χ4n) is 4.54. The molecule has 0 unspecified atom stereocenters. The van der Waals surface area contributed by atoms with Crippen LogP contribution in [0.4, 0.5) is 4.39 Å².